The molecule has 3 nitrogen and oxygen atoms in total. The molecule has 112 valence electrons. The van der Waals surface area contributed by atoms with Crippen LogP contribution in [0.15, 0.2) is 41.8 Å². The van der Waals surface area contributed by atoms with Crippen LogP contribution in [-0.4, -0.2) is 15.0 Å². The maximum atomic E-state index is 12.2. The average molecular weight is 342 g/mol. The first kappa shape index (κ1) is 15.0. The van der Waals surface area contributed by atoms with Crippen LogP contribution < -0.4 is 4.72 Å². The number of halogens is 1. The molecule has 0 unspecified atom stereocenters. The van der Waals surface area contributed by atoms with Gasteiger partial charge >= 0.3 is 0 Å². The molecule has 1 aliphatic rings. The van der Waals surface area contributed by atoms with Gasteiger partial charge in [-0.3, -0.25) is 0 Å². The van der Waals surface area contributed by atoms with E-state index >= 15 is 0 Å². The largest absolute Gasteiger partial charge is 0.215 e. The molecule has 1 aliphatic carbocycles. The van der Waals surface area contributed by atoms with Gasteiger partial charge in [-0.15, -0.1) is 11.3 Å². The number of hydrogen-bond acceptors (Lipinski definition) is 3. The Kier molecular flexibility index (Phi) is 4.10. The molecule has 0 amide bonds. The Morgan fingerprint density at radius 3 is 2.57 bits per heavy atom. The van der Waals surface area contributed by atoms with E-state index in [0.29, 0.717) is 17.1 Å². The lowest BCUT2D eigenvalue weighted by Crippen LogP contribution is -2.32. The maximum absolute atomic E-state index is 12.2. The minimum Gasteiger partial charge on any atom is -0.214 e. The first-order valence-electron chi connectivity index (χ1n) is 6.76. The Bertz CT molecular complexity index is 722. The van der Waals surface area contributed by atoms with Gasteiger partial charge in [0.05, 0.1) is 5.75 Å². The summed E-state index contributed by atoms with van der Waals surface area (Å²) in [5, 5.41) is 2.52. The van der Waals surface area contributed by atoms with Gasteiger partial charge in [0.25, 0.3) is 0 Å². The first-order valence-corrected chi connectivity index (χ1v) is 9.67. The monoisotopic (exact) mass is 341 g/mol. The van der Waals surface area contributed by atoms with E-state index in [-0.39, 0.29) is 11.2 Å². The third kappa shape index (κ3) is 3.48. The van der Waals surface area contributed by atoms with Crippen LogP contribution in [0.5, 0.6) is 0 Å². The summed E-state index contributed by atoms with van der Waals surface area (Å²) in [5.41, 5.74) is 0.648. The third-order valence-corrected chi connectivity index (χ3v) is 6.59. The molecule has 0 spiro atoms. The molecular weight excluding hydrogens is 326 g/mol. The summed E-state index contributed by atoms with van der Waals surface area (Å²) in [4.78, 5) is 1.27. The Balaban J connectivity index is 1.66. The van der Waals surface area contributed by atoms with Crippen LogP contribution in [-0.2, 0) is 21.2 Å². The highest BCUT2D eigenvalue weighted by Crippen LogP contribution is 2.49. The van der Waals surface area contributed by atoms with Crippen molar-refractivity contribution in [3.05, 3.63) is 57.2 Å². The lowest BCUT2D eigenvalue weighted by atomic mass is 10.1. The standard InChI is InChI=1S/C15H16ClNO2S2/c16-13-5-2-1-4-12(13)10-21(18,19)17-11-15(7-8-15)14-6-3-9-20-14/h1-6,9,17H,7-8,10-11H2. The van der Waals surface area contributed by atoms with Crippen LogP contribution in [0.3, 0.4) is 0 Å². The first-order chi connectivity index (χ1) is 10.0. The number of hydrogen-bond donors (Lipinski definition) is 1. The zero-order chi connectivity index (χ0) is 14.9. The molecule has 1 heterocycles. The third-order valence-electron chi connectivity index (χ3n) is 3.83. The Morgan fingerprint density at radius 2 is 1.95 bits per heavy atom. The zero-order valence-corrected chi connectivity index (χ0v) is 13.8. The summed E-state index contributed by atoms with van der Waals surface area (Å²) in [6, 6.07) is 11.1. The second kappa shape index (κ2) is 5.72. The van der Waals surface area contributed by atoms with E-state index in [4.69, 9.17) is 11.6 Å². The molecule has 1 N–H and O–H groups in total. The van der Waals surface area contributed by atoms with Crippen molar-refractivity contribution < 1.29 is 8.42 Å². The lowest BCUT2D eigenvalue weighted by Gasteiger charge is -2.15. The van der Waals surface area contributed by atoms with Gasteiger partial charge in [-0.2, -0.15) is 0 Å². The van der Waals surface area contributed by atoms with Crippen molar-refractivity contribution >= 4 is 33.0 Å². The molecule has 1 aromatic carbocycles. The topological polar surface area (TPSA) is 46.2 Å². The Hall–Kier alpha value is -0.880. The van der Waals surface area contributed by atoms with Gasteiger partial charge in [0, 0.05) is 21.9 Å². The van der Waals surface area contributed by atoms with Crippen molar-refractivity contribution in [1.82, 2.24) is 4.72 Å². The average Bonchev–Trinajstić information content (AvgIpc) is 3.03. The quantitative estimate of drug-likeness (QED) is 0.873. The van der Waals surface area contributed by atoms with Crippen LogP contribution in [0.2, 0.25) is 5.02 Å². The minimum atomic E-state index is -3.37. The summed E-state index contributed by atoms with van der Waals surface area (Å²) < 4.78 is 27.2. The SMILES string of the molecule is O=S(=O)(Cc1ccccc1Cl)NCC1(c2cccs2)CC1. The second-order valence-corrected chi connectivity index (χ2v) is 8.59. The summed E-state index contributed by atoms with van der Waals surface area (Å²) in [7, 11) is -3.37. The van der Waals surface area contributed by atoms with Crippen LogP contribution in [0, 0.1) is 0 Å². The van der Waals surface area contributed by atoms with Crippen LogP contribution in [0.25, 0.3) is 0 Å². The number of rotatable bonds is 6. The van der Waals surface area contributed by atoms with Gasteiger partial charge < -0.3 is 0 Å². The van der Waals surface area contributed by atoms with Crippen molar-refractivity contribution in [3.63, 3.8) is 0 Å². The van der Waals surface area contributed by atoms with Crippen LogP contribution >= 0.6 is 22.9 Å². The van der Waals surface area contributed by atoms with E-state index in [9.17, 15) is 8.42 Å². The molecule has 3 rings (SSSR count). The molecule has 21 heavy (non-hydrogen) atoms. The fourth-order valence-corrected chi connectivity index (χ4v) is 4.89. The predicted molar refractivity (Wildman–Crippen MR) is 87.3 cm³/mol. The summed E-state index contributed by atoms with van der Waals surface area (Å²) in [6.45, 7) is 0.473. The van der Waals surface area contributed by atoms with E-state index < -0.39 is 10.0 Å². The number of thiophene rings is 1. The van der Waals surface area contributed by atoms with E-state index in [1.807, 2.05) is 11.4 Å². The molecule has 0 atom stereocenters. The van der Waals surface area contributed by atoms with Crippen molar-refractivity contribution in [2.45, 2.75) is 24.0 Å². The van der Waals surface area contributed by atoms with Crippen molar-refractivity contribution in [1.29, 1.82) is 0 Å². The summed E-state index contributed by atoms with van der Waals surface area (Å²) in [6.07, 6.45) is 2.09. The Morgan fingerprint density at radius 1 is 1.19 bits per heavy atom. The van der Waals surface area contributed by atoms with Crippen molar-refractivity contribution in [2.24, 2.45) is 0 Å². The molecule has 0 radical (unpaired) electrons. The predicted octanol–water partition coefficient (Wildman–Crippen LogP) is 3.55. The van der Waals surface area contributed by atoms with E-state index in [0.717, 1.165) is 12.8 Å². The molecule has 2 aromatic rings. The molecule has 0 aliphatic heterocycles. The number of benzene rings is 1. The van der Waals surface area contributed by atoms with Crippen LogP contribution in [0.4, 0.5) is 0 Å². The second-order valence-electron chi connectivity index (χ2n) is 5.43. The maximum Gasteiger partial charge on any atom is 0.215 e. The molecule has 1 saturated carbocycles. The molecule has 1 fully saturated rings. The summed E-state index contributed by atoms with van der Waals surface area (Å²) in [5.74, 6) is -0.0762. The van der Waals surface area contributed by atoms with Crippen LogP contribution in [0.1, 0.15) is 23.3 Å². The molecule has 1 aromatic heterocycles. The Labute approximate surface area is 134 Å². The van der Waals surface area contributed by atoms with E-state index in [1.54, 1.807) is 35.6 Å². The van der Waals surface area contributed by atoms with Gasteiger partial charge in [0.15, 0.2) is 0 Å². The highest BCUT2D eigenvalue weighted by Gasteiger charge is 2.45. The normalized spacial score (nSPS) is 16.8. The molecular formula is C15H16ClNO2S2. The van der Waals surface area contributed by atoms with Gasteiger partial charge in [0.1, 0.15) is 0 Å². The van der Waals surface area contributed by atoms with E-state index in [2.05, 4.69) is 10.8 Å². The smallest absolute Gasteiger partial charge is 0.214 e. The lowest BCUT2D eigenvalue weighted by molar-refractivity contribution is 0.568. The van der Waals surface area contributed by atoms with Crippen molar-refractivity contribution in [2.75, 3.05) is 6.54 Å². The number of nitrogens with one attached hydrogen (secondary N) is 1. The van der Waals surface area contributed by atoms with Gasteiger partial charge in [-0.05, 0) is 35.9 Å². The van der Waals surface area contributed by atoms with E-state index in [1.165, 1.54) is 4.88 Å². The highest BCUT2D eigenvalue weighted by molar-refractivity contribution is 7.88. The van der Waals surface area contributed by atoms with Gasteiger partial charge in [-0.1, -0.05) is 35.9 Å². The number of sulfonamides is 1. The fraction of sp³-hybridized carbons (Fsp3) is 0.333. The molecule has 0 bridgehead atoms. The summed E-state index contributed by atoms with van der Waals surface area (Å²) >= 11 is 7.72. The van der Waals surface area contributed by atoms with Gasteiger partial charge in [-0.25, -0.2) is 13.1 Å². The van der Waals surface area contributed by atoms with Crippen molar-refractivity contribution in [3.8, 4) is 0 Å². The highest BCUT2D eigenvalue weighted by atomic mass is 35.5. The molecule has 6 heteroatoms. The zero-order valence-electron chi connectivity index (χ0n) is 11.4. The minimum absolute atomic E-state index is 0.0156. The fourth-order valence-electron chi connectivity index (χ4n) is 2.36. The van der Waals surface area contributed by atoms with Gasteiger partial charge in [0.2, 0.25) is 10.0 Å². The molecule has 0 saturated heterocycles.